The fourth-order valence-electron chi connectivity index (χ4n) is 3.36. The molecule has 0 bridgehead atoms. The number of aryl methyl sites for hydroxylation is 1. The van der Waals surface area contributed by atoms with Crippen molar-refractivity contribution in [1.29, 1.82) is 0 Å². The van der Waals surface area contributed by atoms with Gasteiger partial charge in [-0.3, -0.25) is 4.72 Å². The van der Waals surface area contributed by atoms with Crippen molar-refractivity contribution in [3.8, 4) is 0 Å². The molecule has 0 radical (unpaired) electrons. The van der Waals surface area contributed by atoms with Crippen LogP contribution < -0.4 is 4.72 Å². The lowest BCUT2D eigenvalue weighted by Crippen LogP contribution is -2.35. The zero-order valence-electron chi connectivity index (χ0n) is 17.1. The zero-order valence-corrected chi connectivity index (χ0v) is 18.7. The molecule has 1 heterocycles. The normalized spacial score (nSPS) is 16.1. The molecule has 0 unspecified atom stereocenters. The van der Waals surface area contributed by atoms with E-state index in [1.54, 1.807) is 37.3 Å². The van der Waals surface area contributed by atoms with Gasteiger partial charge < -0.3 is 0 Å². The minimum Gasteiger partial charge on any atom is -0.279 e. The first-order chi connectivity index (χ1) is 13.6. The molecule has 8 heteroatoms. The predicted octanol–water partition coefficient (Wildman–Crippen LogP) is 4.09. The molecule has 158 valence electrons. The van der Waals surface area contributed by atoms with Gasteiger partial charge in [0.1, 0.15) is 0 Å². The number of nitrogens with one attached hydrogen (secondary N) is 1. The second-order valence-corrected chi connectivity index (χ2v) is 11.4. The quantitative estimate of drug-likeness (QED) is 0.739. The van der Waals surface area contributed by atoms with Crippen LogP contribution in [0.3, 0.4) is 0 Å². The largest absolute Gasteiger partial charge is 0.279 e. The van der Waals surface area contributed by atoms with Gasteiger partial charge in [0.2, 0.25) is 10.0 Å². The van der Waals surface area contributed by atoms with Crippen LogP contribution >= 0.6 is 0 Å². The molecule has 1 aliphatic rings. The molecule has 3 rings (SSSR count). The molecule has 0 aliphatic carbocycles. The predicted molar refractivity (Wildman–Crippen MR) is 115 cm³/mol. The summed E-state index contributed by atoms with van der Waals surface area (Å²) >= 11 is 0. The van der Waals surface area contributed by atoms with Crippen LogP contribution in [0.4, 0.5) is 5.69 Å². The van der Waals surface area contributed by atoms with Crippen molar-refractivity contribution in [2.75, 3.05) is 17.8 Å². The molecule has 1 N–H and O–H groups in total. The summed E-state index contributed by atoms with van der Waals surface area (Å²) in [6.07, 6.45) is 2.72. The highest BCUT2D eigenvalue weighted by molar-refractivity contribution is 7.92. The van der Waals surface area contributed by atoms with Crippen LogP contribution in [0.25, 0.3) is 0 Å². The molecule has 29 heavy (non-hydrogen) atoms. The SMILES string of the molecule is Cc1ccc(S(=O)(=O)N2CCCCC2)cc1NS(=O)(=O)c1ccc(C(C)C)cc1. The first kappa shape index (κ1) is 21.8. The Morgan fingerprint density at radius 2 is 1.45 bits per heavy atom. The maximum absolute atomic E-state index is 12.9. The number of anilines is 1. The Hall–Kier alpha value is -1.90. The minimum atomic E-state index is -3.82. The molecule has 1 aliphatic heterocycles. The average molecular weight is 437 g/mol. The lowest BCUT2D eigenvalue weighted by molar-refractivity contribution is 0.346. The molecule has 0 spiro atoms. The Labute approximate surface area is 174 Å². The summed E-state index contributed by atoms with van der Waals surface area (Å²) < 4.78 is 55.6. The Morgan fingerprint density at radius 1 is 0.862 bits per heavy atom. The third-order valence-corrected chi connectivity index (χ3v) is 8.54. The summed E-state index contributed by atoms with van der Waals surface area (Å²) in [4.78, 5) is 0.253. The minimum absolute atomic E-state index is 0.109. The van der Waals surface area contributed by atoms with E-state index in [1.165, 1.54) is 16.4 Å². The van der Waals surface area contributed by atoms with E-state index in [-0.39, 0.29) is 15.5 Å². The van der Waals surface area contributed by atoms with Crippen LogP contribution in [0.2, 0.25) is 0 Å². The third kappa shape index (κ3) is 4.82. The van der Waals surface area contributed by atoms with E-state index in [0.717, 1.165) is 24.8 Å². The van der Waals surface area contributed by atoms with Crippen LogP contribution in [-0.4, -0.2) is 34.2 Å². The summed E-state index contributed by atoms with van der Waals surface area (Å²) in [6, 6.07) is 11.3. The number of hydrogen-bond acceptors (Lipinski definition) is 4. The summed E-state index contributed by atoms with van der Waals surface area (Å²) in [5.41, 5.74) is 1.98. The van der Waals surface area contributed by atoms with Gasteiger partial charge in [-0.25, -0.2) is 16.8 Å². The van der Waals surface area contributed by atoms with Crippen LogP contribution in [0.1, 0.15) is 50.2 Å². The van der Waals surface area contributed by atoms with Crippen molar-refractivity contribution in [3.05, 3.63) is 53.6 Å². The molecular formula is C21H28N2O4S2. The van der Waals surface area contributed by atoms with Gasteiger partial charge in [0.25, 0.3) is 10.0 Å². The third-order valence-electron chi connectivity index (χ3n) is 5.26. The Morgan fingerprint density at radius 3 is 2.03 bits per heavy atom. The summed E-state index contributed by atoms with van der Waals surface area (Å²) in [7, 11) is -7.46. The van der Waals surface area contributed by atoms with E-state index in [0.29, 0.717) is 24.6 Å². The van der Waals surface area contributed by atoms with Crippen LogP contribution in [0.5, 0.6) is 0 Å². The highest BCUT2D eigenvalue weighted by atomic mass is 32.2. The lowest BCUT2D eigenvalue weighted by Gasteiger charge is -2.26. The van der Waals surface area contributed by atoms with Crippen LogP contribution in [-0.2, 0) is 20.0 Å². The number of rotatable bonds is 6. The van der Waals surface area contributed by atoms with Crippen LogP contribution in [0.15, 0.2) is 52.3 Å². The Balaban J connectivity index is 1.90. The van der Waals surface area contributed by atoms with Crippen molar-refractivity contribution < 1.29 is 16.8 Å². The highest BCUT2D eigenvalue weighted by Gasteiger charge is 2.27. The van der Waals surface area contributed by atoms with Gasteiger partial charge in [-0.05, 0) is 61.1 Å². The van der Waals surface area contributed by atoms with E-state index in [9.17, 15) is 16.8 Å². The molecule has 0 aromatic heterocycles. The van der Waals surface area contributed by atoms with Crippen molar-refractivity contribution in [2.24, 2.45) is 0 Å². The van der Waals surface area contributed by atoms with Crippen molar-refractivity contribution in [3.63, 3.8) is 0 Å². The Kier molecular flexibility index (Phi) is 6.36. The molecule has 2 aromatic carbocycles. The highest BCUT2D eigenvalue weighted by Crippen LogP contribution is 2.27. The van der Waals surface area contributed by atoms with Gasteiger partial charge in [-0.15, -0.1) is 0 Å². The standard InChI is InChI=1S/C21H28N2O4S2/c1-16(2)18-8-11-19(12-9-18)28(24,25)22-21-15-20(10-7-17(21)3)29(26,27)23-13-5-4-6-14-23/h7-12,15-16,22H,4-6,13-14H2,1-3H3. The number of nitrogens with zero attached hydrogens (tertiary/aromatic N) is 1. The molecular weight excluding hydrogens is 408 g/mol. The van der Waals surface area contributed by atoms with Crippen molar-refractivity contribution in [1.82, 2.24) is 4.31 Å². The van der Waals surface area contributed by atoms with Gasteiger partial charge in [0.15, 0.2) is 0 Å². The van der Waals surface area contributed by atoms with Crippen molar-refractivity contribution >= 4 is 25.7 Å². The summed E-state index contributed by atoms with van der Waals surface area (Å²) in [5.74, 6) is 0.304. The molecule has 1 fully saturated rings. The fourth-order valence-corrected chi connectivity index (χ4v) is 6.03. The molecule has 0 amide bonds. The molecule has 1 saturated heterocycles. The molecule has 2 aromatic rings. The maximum Gasteiger partial charge on any atom is 0.261 e. The zero-order chi connectivity index (χ0) is 21.2. The maximum atomic E-state index is 12.9. The van der Waals surface area contributed by atoms with E-state index in [2.05, 4.69) is 4.72 Å². The van der Waals surface area contributed by atoms with Gasteiger partial charge in [0.05, 0.1) is 15.5 Å². The number of sulfonamides is 2. The van der Waals surface area contributed by atoms with Crippen molar-refractivity contribution in [2.45, 2.75) is 55.7 Å². The molecule has 0 atom stereocenters. The second-order valence-electron chi connectivity index (χ2n) is 7.77. The monoisotopic (exact) mass is 436 g/mol. The topological polar surface area (TPSA) is 83.6 Å². The second kappa shape index (κ2) is 8.45. The number of piperidine rings is 1. The Bertz CT molecular complexity index is 1070. The van der Waals surface area contributed by atoms with E-state index >= 15 is 0 Å². The first-order valence-electron chi connectivity index (χ1n) is 9.85. The van der Waals surface area contributed by atoms with E-state index < -0.39 is 20.0 Å². The summed E-state index contributed by atoms with van der Waals surface area (Å²) in [6.45, 7) is 6.83. The number of benzene rings is 2. The van der Waals surface area contributed by atoms with Gasteiger partial charge in [-0.1, -0.05) is 38.5 Å². The van der Waals surface area contributed by atoms with Crippen LogP contribution in [0, 0.1) is 6.92 Å². The van der Waals surface area contributed by atoms with E-state index in [4.69, 9.17) is 0 Å². The van der Waals surface area contributed by atoms with Gasteiger partial charge in [0, 0.05) is 13.1 Å². The first-order valence-corrected chi connectivity index (χ1v) is 12.8. The molecule has 6 nitrogen and oxygen atoms in total. The smallest absolute Gasteiger partial charge is 0.261 e. The van der Waals surface area contributed by atoms with Gasteiger partial charge >= 0.3 is 0 Å². The number of hydrogen-bond donors (Lipinski definition) is 1. The average Bonchev–Trinajstić information content (AvgIpc) is 2.70. The molecule has 0 saturated carbocycles. The fraction of sp³-hybridized carbons (Fsp3) is 0.429. The summed E-state index contributed by atoms with van der Waals surface area (Å²) in [5, 5.41) is 0. The van der Waals surface area contributed by atoms with Gasteiger partial charge in [-0.2, -0.15) is 4.31 Å². The lowest BCUT2D eigenvalue weighted by atomic mass is 10.0. The van der Waals surface area contributed by atoms with E-state index in [1.807, 2.05) is 13.8 Å².